The second-order valence-corrected chi connectivity index (χ2v) is 6.77. The van der Waals surface area contributed by atoms with Gasteiger partial charge >= 0.3 is 15.6 Å². The molecule has 2 atom stereocenters. The number of hydroxylamine groups is 4. The van der Waals surface area contributed by atoms with Gasteiger partial charge in [-0.3, -0.25) is 0 Å². The van der Waals surface area contributed by atoms with Gasteiger partial charge in [0.05, 0.1) is 13.1 Å². The van der Waals surface area contributed by atoms with Crippen LogP contribution in [-0.4, -0.2) is 33.0 Å². The number of phosphoric acid groups is 2. The molecule has 0 bridgehead atoms. The monoisotopic (exact) mass is 336 g/mol. The first kappa shape index (κ1) is 16.2. The second kappa shape index (κ2) is 6.72. The molecule has 0 spiro atoms. The van der Waals surface area contributed by atoms with Gasteiger partial charge in [-0.2, -0.15) is 13.6 Å². The fourth-order valence-electron chi connectivity index (χ4n) is 1.45. The van der Waals surface area contributed by atoms with Crippen LogP contribution >= 0.6 is 15.6 Å². The van der Waals surface area contributed by atoms with Crippen LogP contribution in [-0.2, 0) is 22.7 Å². The molecule has 21 heavy (non-hydrogen) atoms. The number of allylic oxidation sites excluding steroid dienone is 4. The van der Waals surface area contributed by atoms with Gasteiger partial charge < -0.3 is 9.79 Å². The van der Waals surface area contributed by atoms with Gasteiger partial charge in [0.1, 0.15) is 0 Å². The van der Waals surface area contributed by atoms with E-state index in [2.05, 4.69) is 13.6 Å². The van der Waals surface area contributed by atoms with Crippen molar-refractivity contribution in [3.8, 4) is 0 Å². The molecule has 0 radical (unpaired) electrons. The minimum Gasteiger partial charge on any atom is -0.301 e. The summed E-state index contributed by atoms with van der Waals surface area (Å²) in [6.07, 6.45) is 12.6. The number of rotatable bonds is 6. The van der Waals surface area contributed by atoms with Crippen LogP contribution < -0.4 is 0 Å². The average Bonchev–Trinajstić information content (AvgIpc) is 2.38. The minimum absolute atomic E-state index is 0.195. The normalized spacial score (nSPS) is 23.1. The van der Waals surface area contributed by atoms with Crippen LogP contribution in [0.3, 0.4) is 0 Å². The fraction of sp³-hybridized carbons (Fsp3) is 0.200. The molecule has 2 unspecified atom stereocenters. The van der Waals surface area contributed by atoms with Crippen LogP contribution in [0.15, 0.2) is 48.9 Å². The smallest absolute Gasteiger partial charge is 0.301 e. The summed E-state index contributed by atoms with van der Waals surface area (Å²) in [7, 11) is -9.63. The Hall–Kier alpha value is -1.18. The van der Waals surface area contributed by atoms with Gasteiger partial charge in [0.15, 0.2) is 0 Å². The molecule has 9 nitrogen and oxygen atoms in total. The largest absolute Gasteiger partial charge is 0.502 e. The predicted octanol–water partition coefficient (Wildman–Crippen LogP) is 1.84. The first-order chi connectivity index (χ1) is 9.86. The number of nitrogens with zero attached hydrogens (tertiary/aromatic N) is 2. The Morgan fingerprint density at radius 2 is 1.24 bits per heavy atom. The van der Waals surface area contributed by atoms with Gasteiger partial charge in [0.2, 0.25) is 0 Å². The second-order valence-electron chi connectivity index (χ2n) is 3.92. The molecule has 0 aromatic rings. The standard InChI is InChI=1S/C10H14N2O7P2/c13-20(14,17-11-7-3-1-4-8-11)19-21(15,16)18-12-9-5-2-6-10-12/h1-7,9H,8,10H2,(H,13,14)(H,15,16). The topological polar surface area (TPSA) is 109 Å². The first-order valence-corrected chi connectivity index (χ1v) is 8.82. The quantitative estimate of drug-likeness (QED) is 0.702. The highest BCUT2D eigenvalue weighted by Crippen LogP contribution is 2.61. The summed E-state index contributed by atoms with van der Waals surface area (Å²) < 4.78 is 36.8. The van der Waals surface area contributed by atoms with Gasteiger partial charge in [-0.05, 0) is 12.2 Å². The Bertz CT molecular complexity index is 536. The van der Waals surface area contributed by atoms with Crippen molar-refractivity contribution in [3.05, 3.63) is 48.9 Å². The van der Waals surface area contributed by atoms with Crippen molar-refractivity contribution in [1.29, 1.82) is 0 Å². The zero-order chi connectivity index (χ0) is 15.3. The highest BCUT2D eigenvalue weighted by Gasteiger charge is 2.38. The first-order valence-electron chi connectivity index (χ1n) is 5.83. The Morgan fingerprint density at radius 3 is 1.57 bits per heavy atom. The summed E-state index contributed by atoms with van der Waals surface area (Å²) in [5.41, 5.74) is 0. The van der Waals surface area contributed by atoms with Gasteiger partial charge in [-0.25, -0.2) is 19.3 Å². The molecule has 0 saturated carbocycles. The summed E-state index contributed by atoms with van der Waals surface area (Å²) >= 11 is 0. The summed E-state index contributed by atoms with van der Waals surface area (Å²) in [4.78, 5) is 19.0. The molecule has 0 fully saturated rings. The number of hydrogen-bond donors (Lipinski definition) is 2. The molecule has 11 heteroatoms. The molecule has 0 aromatic carbocycles. The third-order valence-corrected chi connectivity index (χ3v) is 4.68. The third-order valence-electron chi connectivity index (χ3n) is 2.19. The van der Waals surface area contributed by atoms with Crippen molar-refractivity contribution in [3.63, 3.8) is 0 Å². The maximum Gasteiger partial charge on any atom is 0.502 e. The molecule has 0 amide bonds. The molecular weight excluding hydrogens is 322 g/mol. The molecule has 2 rings (SSSR count). The molecule has 0 saturated heterocycles. The molecule has 2 heterocycles. The summed E-state index contributed by atoms with van der Waals surface area (Å²) in [5, 5.41) is 1.98. The van der Waals surface area contributed by atoms with E-state index < -0.39 is 15.6 Å². The van der Waals surface area contributed by atoms with Crippen molar-refractivity contribution in [1.82, 2.24) is 10.1 Å². The van der Waals surface area contributed by atoms with E-state index in [1.165, 1.54) is 12.4 Å². The predicted molar refractivity (Wildman–Crippen MR) is 72.9 cm³/mol. The van der Waals surface area contributed by atoms with Crippen molar-refractivity contribution >= 4 is 15.6 Å². The Balaban J connectivity index is 1.91. The molecule has 2 aliphatic rings. The molecule has 2 aliphatic heterocycles. The van der Waals surface area contributed by atoms with Crippen molar-refractivity contribution < 1.29 is 32.5 Å². The lowest BCUT2D eigenvalue weighted by Gasteiger charge is -2.25. The van der Waals surface area contributed by atoms with E-state index in [0.717, 1.165) is 10.1 Å². The molecule has 2 N–H and O–H groups in total. The highest BCUT2D eigenvalue weighted by atomic mass is 31.3. The lowest BCUT2D eigenvalue weighted by molar-refractivity contribution is -0.0470. The van der Waals surface area contributed by atoms with Crippen LogP contribution in [0.25, 0.3) is 0 Å². The molecule has 0 aromatic heterocycles. The summed E-state index contributed by atoms with van der Waals surface area (Å²) in [5.74, 6) is 0. The zero-order valence-electron chi connectivity index (χ0n) is 10.8. The van der Waals surface area contributed by atoms with E-state index in [1.54, 1.807) is 36.5 Å². The SMILES string of the molecule is O=P(O)(ON1C=CC=CC1)OP(=O)(O)ON1C=CC=CC1. The van der Waals surface area contributed by atoms with E-state index in [0.29, 0.717) is 0 Å². The zero-order valence-corrected chi connectivity index (χ0v) is 12.5. The highest BCUT2D eigenvalue weighted by molar-refractivity contribution is 7.61. The Labute approximate surface area is 121 Å². The summed E-state index contributed by atoms with van der Waals surface area (Å²) in [6, 6.07) is 0. The maximum absolute atomic E-state index is 11.7. The van der Waals surface area contributed by atoms with E-state index in [9.17, 15) is 18.9 Å². The van der Waals surface area contributed by atoms with Crippen molar-refractivity contribution in [2.45, 2.75) is 0 Å². The van der Waals surface area contributed by atoms with Gasteiger partial charge in [0, 0.05) is 12.4 Å². The van der Waals surface area contributed by atoms with Crippen LogP contribution in [0.1, 0.15) is 0 Å². The van der Waals surface area contributed by atoms with Crippen molar-refractivity contribution in [2.75, 3.05) is 13.1 Å². The molecule has 0 aliphatic carbocycles. The van der Waals surface area contributed by atoms with E-state index in [1.807, 2.05) is 0 Å². The third kappa shape index (κ3) is 5.61. The van der Waals surface area contributed by atoms with Crippen LogP contribution in [0.2, 0.25) is 0 Å². The van der Waals surface area contributed by atoms with Gasteiger partial charge in [-0.15, -0.1) is 0 Å². The van der Waals surface area contributed by atoms with Gasteiger partial charge in [0.25, 0.3) is 0 Å². The molecule has 116 valence electrons. The van der Waals surface area contributed by atoms with E-state index in [4.69, 9.17) is 0 Å². The summed E-state index contributed by atoms with van der Waals surface area (Å²) in [6.45, 7) is 0.390. The van der Waals surface area contributed by atoms with Crippen LogP contribution in [0.4, 0.5) is 0 Å². The van der Waals surface area contributed by atoms with E-state index in [-0.39, 0.29) is 13.1 Å². The fourth-order valence-corrected chi connectivity index (χ4v) is 3.50. The van der Waals surface area contributed by atoms with E-state index >= 15 is 0 Å². The Morgan fingerprint density at radius 1 is 0.810 bits per heavy atom. The average molecular weight is 336 g/mol. The minimum atomic E-state index is -4.82. The molecular formula is C10H14N2O7P2. The van der Waals surface area contributed by atoms with Crippen molar-refractivity contribution in [2.24, 2.45) is 0 Å². The Kier molecular flexibility index (Phi) is 5.18. The van der Waals surface area contributed by atoms with Gasteiger partial charge in [-0.1, -0.05) is 24.3 Å². The maximum atomic E-state index is 11.7. The van der Waals surface area contributed by atoms with Crippen LogP contribution in [0.5, 0.6) is 0 Å². The number of hydrogen-bond acceptors (Lipinski definition) is 7. The lowest BCUT2D eigenvalue weighted by atomic mass is 10.4. The van der Waals surface area contributed by atoms with Crippen LogP contribution in [0, 0.1) is 0 Å². The lowest BCUT2D eigenvalue weighted by Crippen LogP contribution is -2.20.